The maximum absolute atomic E-state index is 13.0. The molecule has 0 radical (unpaired) electrons. The van der Waals surface area contributed by atoms with Crippen LogP contribution in [0.1, 0.15) is 34.3 Å². The summed E-state index contributed by atoms with van der Waals surface area (Å²) in [5.74, 6) is 1.62. The topological polar surface area (TPSA) is 77.1 Å². The van der Waals surface area contributed by atoms with Crippen LogP contribution in [0.15, 0.2) is 42.5 Å². The standard InChI is InChI=1S/C24H26N2O5/c1-25-24(28)18-6-3-16(4-7-18)15-26(19-8-9-19)22(27)10-5-17-13-20(29-2)23-21(14-17)30-11-12-31-23/h3-7,10,13-14,19H,8-9,11-12,15H2,1-2H3,(H,25,28)/b10-5+. The van der Waals surface area contributed by atoms with Crippen LogP contribution >= 0.6 is 0 Å². The van der Waals surface area contributed by atoms with Crippen molar-refractivity contribution in [3.8, 4) is 17.2 Å². The third-order valence-electron chi connectivity index (χ3n) is 5.34. The third-order valence-corrected chi connectivity index (χ3v) is 5.34. The van der Waals surface area contributed by atoms with Crippen LogP contribution in [0.25, 0.3) is 6.08 Å². The van der Waals surface area contributed by atoms with E-state index in [1.165, 1.54) is 0 Å². The molecule has 1 aliphatic heterocycles. The number of hydrogen-bond acceptors (Lipinski definition) is 5. The number of rotatable bonds is 7. The Kier molecular flexibility index (Phi) is 6.11. The van der Waals surface area contributed by atoms with Crippen LogP contribution in [-0.4, -0.2) is 50.1 Å². The predicted molar refractivity (Wildman–Crippen MR) is 116 cm³/mol. The van der Waals surface area contributed by atoms with Crippen LogP contribution in [0.3, 0.4) is 0 Å². The lowest BCUT2D eigenvalue weighted by Gasteiger charge is -2.22. The maximum Gasteiger partial charge on any atom is 0.251 e. The molecule has 0 atom stereocenters. The monoisotopic (exact) mass is 422 g/mol. The van der Waals surface area contributed by atoms with Gasteiger partial charge >= 0.3 is 0 Å². The van der Waals surface area contributed by atoms with Crippen molar-refractivity contribution in [1.29, 1.82) is 0 Å². The lowest BCUT2D eigenvalue weighted by molar-refractivity contribution is -0.127. The van der Waals surface area contributed by atoms with Gasteiger partial charge in [0, 0.05) is 31.3 Å². The molecular formula is C24H26N2O5. The Labute approximate surface area is 181 Å². The molecule has 0 saturated heterocycles. The van der Waals surface area contributed by atoms with Crippen LogP contribution in [0.5, 0.6) is 17.2 Å². The summed E-state index contributed by atoms with van der Waals surface area (Å²) in [6, 6.07) is 11.3. The lowest BCUT2D eigenvalue weighted by Crippen LogP contribution is -2.31. The first-order chi connectivity index (χ1) is 15.1. The van der Waals surface area contributed by atoms with Crippen LogP contribution in [0.4, 0.5) is 0 Å². The van der Waals surface area contributed by atoms with Crippen LogP contribution in [0.2, 0.25) is 0 Å². The summed E-state index contributed by atoms with van der Waals surface area (Å²) in [5.41, 5.74) is 2.39. The molecule has 0 unspecified atom stereocenters. The number of nitrogens with one attached hydrogen (secondary N) is 1. The van der Waals surface area contributed by atoms with E-state index in [9.17, 15) is 9.59 Å². The molecule has 7 heteroatoms. The highest BCUT2D eigenvalue weighted by molar-refractivity contribution is 5.94. The number of amides is 2. The average Bonchev–Trinajstić information content (AvgIpc) is 3.65. The minimum atomic E-state index is -0.125. The van der Waals surface area contributed by atoms with Crippen molar-refractivity contribution < 1.29 is 23.8 Å². The number of carbonyl (C=O) groups is 2. The molecule has 0 aromatic heterocycles. The highest BCUT2D eigenvalue weighted by Crippen LogP contribution is 2.40. The van der Waals surface area contributed by atoms with Crippen molar-refractivity contribution in [1.82, 2.24) is 10.2 Å². The summed E-state index contributed by atoms with van der Waals surface area (Å²) in [5, 5.41) is 2.61. The van der Waals surface area contributed by atoms with Crippen molar-refractivity contribution in [3.63, 3.8) is 0 Å². The second-order valence-corrected chi connectivity index (χ2v) is 7.55. The molecule has 2 aromatic carbocycles. The summed E-state index contributed by atoms with van der Waals surface area (Å²) >= 11 is 0. The smallest absolute Gasteiger partial charge is 0.251 e. The van der Waals surface area contributed by atoms with E-state index in [0.29, 0.717) is 42.6 Å². The summed E-state index contributed by atoms with van der Waals surface area (Å²) in [6.07, 6.45) is 5.37. The number of ether oxygens (including phenoxy) is 3. The number of carbonyl (C=O) groups excluding carboxylic acids is 2. The number of methoxy groups -OCH3 is 1. The number of nitrogens with zero attached hydrogens (tertiary/aromatic N) is 1. The molecule has 1 heterocycles. The van der Waals surface area contributed by atoms with E-state index in [1.807, 2.05) is 29.2 Å². The van der Waals surface area contributed by atoms with Gasteiger partial charge in [0.15, 0.2) is 11.5 Å². The molecule has 2 amide bonds. The van der Waals surface area contributed by atoms with Crippen LogP contribution in [-0.2, 0) is 11.3 Å². The van der Waals surface area contributed by atoms with Gasteiger partial charge in [-0.3, -0.25) is 9.59 Å². The SMILES string of the molecule is CNC(=O)c1ccc(CN(C(=O)/C=C/c2cc(OC)c3c(c2)OCCO3)C2CC2)cc1. The first-order valence-electron chi connectivity index (χ1n) is 10.4. The molecule has 4 rings (SSSR count). The van der Waals surface area contributed by atoms with Gasteiger partial charge in [-0.1, -0.05) is 12.1 Å². The van der Waals surface area contributed by atoms with Crippen LogP contribution < -0.4 is 19.5 Å². The molecule has 1 aliphatic carbocycles. The average molecular weight is 422 g/mol. The Hall–Kier alpha value is -3.48. The number of benzene rings is 2. The second-order valence-electron chi connectivity index (χ2n) is 7.55. The van der Waals surface area contributed by atoms with Gasteiger partial charge in [-0.25, -0.2) is 0 Å². The lowest BCUT2D eigenvalue weighted by atomic mass is 10.1. The van der Waals surface area contributed by atoms with E-state index < -0.39 is 0 Å². The Bertz CT molecular complexity index is 979. The zero-order chi connectivity index (χ0) is 21.8. The van der Waals surface area contributed by atoms with E-state index in [2.05, 4.69) is 5.32 Å². The van der Waals surface area contributed by atoms with E-state index in [-0.39, 0.29) is 17.9 Å². The molecule has 0 spiro atoms. The van der Waals surface area contributed by atoms with E-state index in [1.54, 1.807) is 38.4 Å². The van der Waals surface area contributed by atoms with Crippen molar-refractivity contribution in [2.45, 2.75) is 25.4 Å². The molecule has 2 aromatic rings. The molecular weight excluding hydrogens is 396 g/mol. The van der Waals surface area contributed by atoms with Crippen molar-refractivity contribution in [2.75, 3.05) is 27.4 Å². The van der Waals surface area contributed by atoms with Crippen LogP contribution in [0, 0.1) is 0 Å². The molecule has 162 valence electrons. The van der Waals surface area contributed by atoms with Gasteiger partial charge in [0.05, 0.1) is 7.11 Å². The highest BCUT2D eigenvalue weighted by Gasteiger charge is 2.31. The molecule has 2 aliphatic rings. The van der Waals surface area contributed by atoms with Crippen molar-refractivity contribution in [2.24, 2.45) is 0 Å². The fourth-order valence-corrected chi connectivity index (χ4v) is 3.53. The predicted octanol–water partition coefficient (Wildman–Crippen LogP) is 3.03. The highest BCUT2D eigenvalue weighted by atomic mass is 16.6. The van der Waals surface area contributed by atoms with E-state index >= 15 is 0 Å². The minimum absolute atomic E-state index is 0.0493. The fraction of sp³-hybridized carbons (Fsp3) is 0.333. The zero-order valence-corrected chi connectivity index (χ0v) is 17.7. The number of hydrogen-bond donors (Lipinski definition) is 1. The molecule has 1 saturated carbocycles. The van der Waals surface area contributed by atoms with E-state index in [0.717, 1.165) is 24.0 Å². The van der Waals surface area contributed by atoms with Gasteiger partial charge < -0.3 is 24.4 Å². The molecule has 1 N–H and O–H groups in total. The summed E-state index contributed by atoms with van der Waals surface area (Å²) < 4.78 is 16.7. The van der Waals surface area contributed by atoms with Gasteiger partial charge in [-0.2, -0.15) is 0 Å². The Morgan fingerprint density at radius 2 is 1.90 bits per heavy atom. The number of fused-ring (bicyclic) bond motifs is 1. The normalized spacial score (nSPS) is 14.9. The quantitative estimate of drug-likeness (QED) is 0.694. The maximum atomic E-state index is 13.0. The Morgan fingerprint density at radius 1 is 1.16 bits per heavy atom. The van der Waals surface area contributed by atoms with E-state index in [4.69, 9.17) is 14.2 Å². The molecule has 31 heavy (non-hydrogen) atoms. The molecule has 1 fully saturated rings. The van der Waals surface area contributed by atoms with Gasteiger partial charge in [0.25, 0.3) is 5.91 Å². The molecule has 7 nitrogen and oxygen atoms in total. The second kappa shape index (κ2) is 9.12. The van der Waals surface area contributed by atoms with Gasteiger partial charge in [-0.15, -0.1) is 0 Å². The molecule has 0 bridgehead atoms. The fourth-order valence-electron chi connectivity index (χ4n) is 3.53. The van der Waals surface area contributed by atoms with Gasteiger partial charge in [0.2, 0.25) is 11.7 Å². The largest absolute Gasteiger partial charge is 0.493 e. The van der Waals surface area contributed by atoms with Gasteiger partial charge in [-0.05, 0) is 54.3 Å². The summed E-state index contributed by atoms with van der Waals surface area (Å²) in [7, 11) is 3.18. The van der Waals surface area contributed by atoms with Crippen molar-refractivity contribution >= 4 is 17.9 Å². The Balaban J connectivity index is 1.48. The summed E-state index contributed by atoms with van der Waals surface area (Å²) in [6.45, 7) is 1.47. The first-order valence-corrected chi connectivity index (χ1v) is 10.4. The first kappa shape index (κ1) is 20.8. The van der Waals surface area contributed by atoms with Crippen molar-refractivity contribution in [3.05, 3.63) is 59.2 Å². The minimum Gasteiger partial charge on any atom is -0.493 e. The summed E-state index contributed by atoms with van der Waals surface area (Å²) in [4.78, 5) is 26.5. The Morgan fingerprint density at radius 3 is 2.58 bits per heavy atom. The van der Waals surface area contributed by atoms with Gasteiger partial charge in [0.1, 0.15) is 13.2 Å². The third kappa shape index (κ3) is 4.82. The zero-order valence-electron chi connectivity index (χ0n) is 17.7.